The maximum Gasteiger partial charge on any atom is 0.417 e. The predicted molar refractivity (Wildman–Crippen MR) is 134 cm³/mol. The van der Waals surface area contributed by atoms with Gasteiger partial charge >= 0.3 is 12.2 Å². The van der Waals surface area contributed by atoms with Gasteiger partial charge in [0, 0.05) is 50.6 Å². The topological polar surface area (TPSA) is 121 Å². The number of primary amides is 1. The minimum absolute atomic E-state index is 0.0841. The Hall–Kier alpha value is -3.06. The summed E-state index contributed by atoms with van der Waals surface area (Å²) in [6.07, 6.45) is -0.810. The molecule has 0 bridgehead atoms. The molecule has 0 unspecified atom stereocenters. The van der Waals surface area contributed by atoms with Gasteiger partial charge in [0.2, 0.25) is 10.0 Å². The quantitative estimate of drug-likeness (QED) is 0.496. The minimum atomic E-state index is -4.44. The van der Waals surface area contributed by atoms with Gasteiger partial charge in [-0.15, -0.1) is 0 Å². The summed E-state index contributed by atoms with van der Waals surface area (Å²) in [5.74, 6) is 0.703. The number of halogens is 3. The molecule has 2 amide bonds. The van der Waals surface area contributed by atoms with Crippen LogP contribution < -0.4 is 21.3 Å². The van der Waals surface area contributed by atoms with Gasteiger partial charge in [0.05, 0.1) is 10.5 Å². The van der Waals surface area contributed by atoms with Crippen molar-refractivity contribution in [1.82, 2.24) is 14.6 Å². The first-order valence-electron chi connectivity index (χ1n) is 12.2. The van der Waals surface area contributed by atoms with Crippen molar-refractivity contribution in [3.63, 3.8) is 0 Å². The molecule has 1 aromatic carbocycles. The summed E-state index contributed by atoms with van der Waals surface area (Å²) in [6, 6.07) is 8.55. The van der Waals surface area contributed by atoms with Crippen LogP contribution in [0, 0.1) is 5.92 Å². The van der Waals surface area contributed by atoms with Gasteiger partial charge in [-0.05, 0) is 68.0 Å². The summed E-state index contributed by atoms with van der Waals surface area (Å²) in [7, 11) is -3.66. The second kappa shape index (κ2) is 11.1. The van der Waals surface area contributed by atoms with E-state index in [9.17, 15) is 26.4 Å². The lowest BCUT2D eigenvalue weighted by Crippen LogP contribution is -2.42. The Labute approximate surface area is 214 Å². The molecule has 0 saturated carbocycles. The van der Waals surface area contributed by atoms with Crippen molar-refractivity contribution in [2.75, 3.05) is 42.9 Å². The van der Waals surface area contributed by atoms with Crippen LogP contribution in [0.3, 0.4) is 0 Å². The molecule has 2 aliphatic rings. The molecule has 4 N–H and O–H groups in total. The summed E-state index contributed by atoms with van der Waals surface area (Å²) in [5.41, 5.74) is 5.27. The fourth-order valence-electron chi connectivity index (χ4n) is 4.71. The van der Waals surface area contributed by atoms with Crippen LogP contribution >= 0.6 is 0 Å². The van der Waals surface area contributed by atoms with E-state index in [-0.39, 0.29) is 10.9 Å². The second-order valence-electron chi connectivity index (χ2n) is 9.42. The SMILES string of the molecule is NC(=O)NCC1CCN(c2ccc(S(=O)(=O)N3CCC(Nc4ccc(C(F)(F)F)cn4)CC3)cc2)CC1. The Morgan fingerprint density at radius 3 is 2.19 bits per heavy atom. The summed E-state index contributed by atoms with van der Waals surface area (Å²) in [4.78, 5) is 17.2. The van der Waals surface area contributed by atoms with Gasteiger partial charge in [-0.2, -0.15) is 17.5 Å². The predicted octanol–water partition coefficient (Wildman–Crippen LogP) is 3.25. The first-order valence-corrected chi connectivity index (χ1v) is 13.6. The van der Waals surface area contributed by atoms with E-state index in [4.69, 9.17) is 5.73 Å². The maximum absolute atomic E-state index is 13.2. The first kappa shape index (κ1) is 27.0. The third-order valence-corrected chi connectivity index (χ3v) is 8.83. The fourth-order valence-corrected chi connectivity index (χ4v) is 6.18. The van der Waals surface area contributed by atoms with Crippen molar-refractivity contribution < 1.29 is 26.4 Å². The van der Waals surface area contributed by atoms with Gasteiger partial charge in [-0.25, -0.2) is 18.2 Å². The molecule has 0 spiro atoms. The van der Waals surface area contributed by atoms with Crippen LogP contribution in [0.4, 0.5) is 29.5 Å². The Bertz CT molecular complexity index is 1160. The number of hydrogen-bond acceptors (Lipinski definition) is 6. The summed E-state index contributed by atoms with van der Waals surface area (Å²) < 4.78 is 65.9. The van der Waals surface area contributed by atoms with E-state index in [1.54, 1.807) is 12.1 Å². The Morgan fingerprint density at radius 1 is 1.00 bits per heavy atom. The van der Waals surface area contributed by atoms with Gasteiger partial charge in [0.15, 0.2) is 0 Å². The highest BCUT2D eigenvalue weighted by Gasteiger charge is 2.32. The average molecular weight is 541 g/mol. The van der Waals surface area contributed by atoms with E-state index in [2.05, 4.69) is 20.5 Å². The molecule has 0 atom stereocenters. The van der Waals surface area contributed by atoms with Gasteiger partial charge in [0.25, 0.3) is 0 Å². The van der Waals surface area contributed by atoms with Crippen LogP contribution in [0.25, 0.3) is 0 Å². The number of sulfonamides is 1. The standard InChI is InChI=1S/C24H31F3N6O3S/c25-24(26,27)18-1-6-22(29-16-18)31-19-9-13-33(14-10-19)37(35,36)21-4-2-20(3-5-21)32-11-7-17(8-12-32)15-30-23(28)34/h1-6,16-17,19H,7-15H2,(H,29,31)(H3,28,30,34). The molecule has 2 aliphatic heterocycles. The van der Waals surface area contributed by atoms with Crippen LogP contribution in [0.2, 0.25) is 0 Å². The van der Waals surface area contributed by atoms with Crippen molar-refractivity contribution in [1.29, 1.82) is 0 Å². The molecule has 2 saturated heterocycles. The molecule has 1 aromatic heterocycles. The third-order valence-electron chi connectivity index (χ3n) is 6.92. The number of piperidine rings is 2. The molecule has 2 fully saturated rings. The van der Waals surface area contributed by atoms with Crippen molar-refractivity contribution in [3.8, 4) is 0 Å². The van der Waals surface area contributed by atoms with Gasteiger partial charge in [0.1, 0.15) is 5.82 Å². The molecule has 37 heavy (non-hydrogen) atoms. The van der Waals surface area contributed by atoms with Crippen molar-refractivity contribution in [2.45, 2.75) is 42.8 Å². The number of nitrogens with zero attached hydrogens (tertiary/aromatic N) is 3. The van der Waals surface area contributed by atoms with Crippen LogP contribution in [-0.4, -0.2) is 62.5 Å². The number of pyridine rings is 1. The molecule has 13 heteroatoms. The molecule has 0 aliphatic carbocycles. The van der Waals surface area contributed by atoms with E-state index < -0.39 is 27.8 Å². The molecular weight excluding hydrogens is 509 g/mol. The maximum atomic E-state index is 13.2. The highest BCUT2D eigenvalue weighted by atomic mass is 32.2. The smallest absolute Gasteiger partial charge is 0.372 e. The highest BCUT2D eigenvalue weighted by Crippen LogP contribution is 2.30. The Kier molecular flexibility index (Phi) is 8.12. The Balaban J connectivity index is 1.28. The molecule has 9 nitrogen and oxygen atoms in total. The number of hydrogen-bond donors (Lipinski definition) is 3. The zero-order chi connectivity index (χ0) is 26.6. The van der Waals surface area contributed by atoms with Crippen LogP contribution in [0.15, 0.2) is 47.5 Å². The Morgan fingerprint density at radius 2 is 1.65 bits per heavy atom. The fraction of sp³-hybridized carbons (Fsp3) is 0.500. The molecule has 0 radical (unpaired) electrons. The van der Waals surface area contributed by atoms with Gasteiger partial charge in [-0.1, -0.05) is 0 Å². The monoisotopic (exact) mass is 540 g/mol. The summed E-state index contributed by atoms with van der Waals surface area (Å²) >= 11 is 0. The zero-order valence-electron chi connectivity index (χ0n) is 20.2. The normalized spacial score (nSPS) is 18.5. The summed E-state index contributed by atoms with van der Waals surface area (Å²) in [6.45, 7) is 2.79. The average Bonchev–Trinajstić information content (AvgIpc) is 2.88. The van der Waals surface area contributed by atoms with Crippen molar-refractivity contribution in [2.24, 2.45) is 11.7 Å². The number of anilines is 2. The number of carbonyl (C=O) groups is 1. The van der Waals surface area contributed by atoms with E-state index >= 15 is 0 Å². The van der Waals surface area contributed by atoms with Crippen LogP contribution in [0.1, 0.15) is 31.2 Å². The number of alkyl halides is 3. The van der Waals surface area contributed by atoms with Crippen molar-refractivity contribution in [3.05, 3.63) is 48.2 Å². The minimum Gasteiger partial charge on any atom is -0.372 e. The number of aromatic nitrogens is 1. The summed E-state index contributed by atoms with van der Waals surface area (Å²) in [5, 5.41) is 5.75. The number of amides is 2. The number of urea groups is 1. The van der Waals surface area contributed by atoms with E-state index in [1.807, 2.05) is 12.1 Å². The zero-order valence-corrected chi connectivity index (χ0v) is 21.1. The van der Waals surface area contributed by atoms with E-state index in [0.29, 0.717) is 44.2 Å². The van der Waals surface area contributed by atoms with Crippen molar-refractivity contribution >= 4 is 27.6 Å². The van der Waals surface area contributed by atoms with E-state index in [0.717, 1.165) is 43.9 Å². The van der Waals surface area contributed by atoms with Crippen LogP contribution in [0.5, 0.6) is 0 Å². The largest absolute Gasteiger partial charge is 0.417 e. The molecule has 3 heterocycles. The number of carbonyl (C=O) groups excluding carboxylic acids is 1. The number of nitrogens with one attached hydrogen (secondary N) is 2. The van der Waals surface area contributed by atoms with Crippen LogP contribution in [-0.2, 0) is 16.2 Å². The highest BCUT2D eigenvalue weighted by molar-refractivity contribution is 7.89. The van der Waals surface area contributed by atoms with Gasteiger partial charge in [-0.3, -0.25) is 0 Å². The second-order valence-corrected chi connectivity index (χ2v) is 11.4. The number of benzene rings is 1. The molecule has 2 aromatic rings. The number of rotatable bonds is 7. The molecule has 4 rings (SSSR count). The lowest BCUT2D eigenvalue weighted by molar-refractivity contribution is -0.137. The van der Waals surface area contributed by atoms with Gasteiger partial charge < -0.3 is 21.3 Å². The third kappa shape index (κ3) is 6.83. The lowest BCUT2D eigenvalue weighted by atomic mass is 9.96. The van der Waals surface area contributed by atoms with E-state index in [1.165, 1.54) is 10.4 Å². The molecular formula is C24H31F3N6O3S. The first-order chi connectivity index (χ1) is 17.5. The lowest BCUT2D eigenvalue weighted by Gasteiger charge is -2.34. The molecule has 202 valence electrons. The number of nitrogens with two attached hydrogens (primary N) is 1.